The Balaban J connectivity index is 0. The van der Waals surface area contributed by atoms with Gasteiger partial charge in [-0.25, -0.2) is 0 Å². The van der Waals surface area contributed by atoms with E-state index in [-0.39, 0.29) is 55.4 Å². The van der Waals surface area contributed by atoms with Crippen LogP contribution in [0.4, 0.5) is 0 Å². The average molecular weight is 914 g/mol. The van der Waals surface area contributed by atoms with Crippen molar-refractivity contribution < 1.29 is 73.5 Å². The standard InChI is InChI=1S/2C6H7O3P.4C5H8N2.2Ag/c2*7-10(8,9)6-4-2-1-3-5-6;4*1-4-3-5(2)7-6-4;;/h2*1-5H,(H2,7,8,9);4*3H,1-2H3,(H,6,7);;/q;;;;;;2*+1/p-2. The quantitative estimate of drug-likeness (QED) is 0.109. The molecule has 6 rings (SSSR count). The molecule has 4 heterocycles. The summed E-state index contributed by atoms with van der Waals surface area (Å²) in [7, 11) is -8.54. The van der Waals surface area contributed by atoms with Crippen molar-refractivity contribution in [3.05, 3.63) is 130 Å². The van der Waals surface area contributed by atoms with Gasteiger partial charge in [-0.2, -0.15) is 20.4 Å². The second-order valence-corrected chi connectivity index (χ2v) is 13.6. The Hall–Kier alpha value is -2.94. The number of rotatable bonds is 2. The predicted molar refractivity (Wildman–Crippen MR) is 184 cm³/mol. The van der Waals surface area contributed by atoms with Crippen molar-refractivity contribution in [3.8, 4) is 0 Å². The van der Waals surface area contributed by atoms with Crippen LogP contribution in [-0.2, 0) is 53.9 Å². The molecular formula is C32H44Ag2N8O6P2. The molecule has 0 spiro atoms. The minimum Gasteiger partial charge on any atom is -0.775 e. The van der Waals surface area contributed by atoms with Gasteiger partial charge in [0.25, 0.3) is 0 Å². The van der Waals surface area contributed by atoms with Gasteiger partial charge < -0.3 is 28.7 Å². The van der Waals surface area contributed by atoms with E-state index in [1.54, 1.807) is 36.4 Å². The van der Waals surface area contributed by atoms with E-state index in [0.717, 1.165) is 45.6 Å². The molecule has 0 bridgehead atoms. The first kappa shape index (κ1) is 49.2. The maximum Gasteiger partial charge on any atom is 1.00 e. The van der Waals surface area contributed by atoms with E-state index in [1.807, 2.05) is 79.7 Å². The first-order valence-electron chi connectivity index (χ1n) is 14.5. The summed E-state index contributed by atoms with van der Waals surface area (Å²) in [5, 5.41) is 26.7. The average Bonchev–Trinajstić information content (AvgIpc) is 3.80. The van der Waals surface area contributed by atoms with E-state index in [9.17, 15) is 18.9 Å². The van der Waals surface area contributed by atoms with Gasteiger partial charge >= 0.3 is 44.8 Å². The third kappa shape index (κ3) is 23.5. The summed E-state index contributed by atoms with van der Waals surface area (Å²) < 4.78 is 20.8. The predicted octanol–water partition coefficient (Wildman–Crippen LogP) is 3.82. The first-order valence-corrected chi connectivity index (χ1v) is 17.7. The zero-order valence-corrected chi connectivity index (χ0v) is 33.6. The smallest absolute Gasteiger partial charge is 0.775 e. The fourth-order valence-electron chi connectivity index (χ4n) is 3.45. The molecule has 2 atom stereocenters. The molecule has 0 saturated heterocycles. The van der Waals surface area contributed by atoms with E-state index in [4.69, 9.17) is 9.79 Å². The van der Waals surface area contributed by atoms with Gasteiger partial charge in [0.2, 0.25) is 0 Å². The van der Waals surface area contributed by atoms with E-state index >= 15 is 0 Å². The molecule has 0 amide bonds. The summed E-state index contributed by atoms with van der Waals surface area (Å²) in [5.41, 5.74) is 8.70. The summed E-state index contributed by atoms with van der Waals surface area (Å²) >= 11 is 0. The van der Waals surface area contributed by atoms with E-state index in [1.165, 1.54) is 24.3 Å². The number of hydrogen-bond acceptors (Lipinski definition) is 8. The molecule has 6 aromatic rings. The Morgan fingerprint density at radius 3 is 0.740 bits per heavy atom. The van der Waals surface area contributed by atoms with Crippen LogP contribution in [0.15, 0.2) is 84.9 Å². The van der Waals surface area contributed by atoms with Crippen molar-refractivity contribution >= 4 is 25.8 Å². The van der Waals surface area contributed by atoms with Gasteiger partial charge in [0.1, 0.15) is 0 Å². The molecule has 0 fully saturated rings. The molecular weight excluding hydrogens is 870 g/mol. The van der Waals surface area contributed by atoms with Crippen LogP contribution in [0.5, 0.6) is 0 Å². The fourth-order valence-corrected chi connectivity index (χ4v) is 4.55. The van der Waals surface area contributed by atoms with Gasteiger partial charge in [-0.3, -0.25) is 20.4 Å². The van der Waals surface area contributed by atoms with E-state index in [0.29, 0.717) is 0 Å². The van der Waals surface area contributed by atoms with Crippen molar-refractivity contribution in [2.24, 2.45) is 0 Å². The molecule has 280 valence electrons. The summed E-state index contributed by atoms with van der Waals surface area (Å²) in [5.74, 6) is 0. The number of aromatic nitrogens is 8. The SMILES string of the molecule is Cc1cc(C)[nH]n1.Cc1cc(C)[nH]n1.Cc1cc(C)[nH]n1.Cc1cc(C)[nH]n1.O=P([O-])(O)c1ccccc1.O=P([O-])(O)c1ccccc1.[Ag+].[Ag+]. The van der Waals surface area contributed by atoms with Crippen LogP contribution in [0.1, 0.15) is 45.6 Å². The van der Waals surface area contributed by atoms with Crippen molar-refractivity contribution in [2.75, 3.05) is 0 Å². The van der Waals surface area contributed by atoms with E-state index < -0.39 is 15.2 Å². The van der Waals surface area contributed by atoms with Crippen LogP contribution in [-0.4, -0.2) is 50.6 Å². The molecule has 0 aliphatic carbocycles. The Morgan fingerprint density at radius 1 is 0.460 bits per heavy atom. The van der Waals surface area contributed by atoms with Gasteiger partial charge in [0.15, 0.2) is 15.2 Å². The third-order valence-electron chi connectivity index (χ3n) is 5.50. The summed E-state index contributed by atoms with van der Waals surface area (Å²) in [6.45, 7) is 15.8. The molecule has 6 N–H and O–H groups in total. The zero-order chi connectivity index (χ0) is 36.3. The first-order chi connectivity index (χ1) is 22.4. The maximum atomic E-state index is 10.4. The van der Waals surface area contributed by atoms with Crippen LogP contribution in [0.2, 0.25) is 0 Å². The Kier molecular flexibility index (Phi) is 24.7. The third-order valence-corrected chi connectivity index (χ3v) is 7.40. The molecule has 2 aromatic carbocycles. The molecule has 0 radical (unpaired) electrons. The fraction of sp³-hybridized carbons (Fsp3) is 0.250. The number of hydrogen-bond donors (Lipinski definition) is 6. The van der Waals surface area contributed by atoms with Gasteiger partial charge in [-0.1, -0.05) is 60.7 Å². The Morgan fingerprint density at radius 2 is 0.660 bits per heavy atom. The number of aromatic amines is 4. The van der Waals surface area contributed by atoms with E-state index in [2.05, 4.69) is 40.8 Å². The van der Waals surface area contributed by atoms with Crippen molar-refractivity contribution in [1.82, 2.24) is 40.8 Å². The molecule has 0 aliphatic heterocycles. The van der Waals surface area contributed by atoms with Crippen LogP contribution in [0, 0.1) is 55.4 Å². The van der Waals surface area contributed by atoms with Gasteiger partial charge in [-0.15, -0.1) is 0 Å². The summed E-state index contributed by atoms with van der Waals surface area (Å²) in [6, 6.07) is 22.9. The van der Waals surface area contributed by atoms with Crippen molar-refractivity contribution in [3.63, 3.8) is 0 Å². The Bertz CT molecular complexity index is 1560. The Labute approximate surface area is 324 Å². The van der Waals surface area contributed by atoms with Crippen LogP contribution in [0.3, 0.4) is 0 Å². The number of benzene rings is 2. The van der Waals surface area contributed by atoms with Gasteiger partial charge in [0.05, 0.1) is 22.8 Å². The zero-order valence-electron chi connectivity index (χ0n) is 28.9. The second kappa shape index (κ2) is 25.1. The molecule has 18 heteroatoms. The van der Waals surface area contributed by atoms with Crippen molar-refractivity contribution in [2.45, 2.75) is 55.4 Å². The molecule has 50 heavy (non-hydrogen) atoms. The molecule has 2 unspecified atom stereocenters. The van der Waals surface area contributed by atoms with Crippen molar-refractivity contribution in [1.29, 1.82) is 0 Å². The molecule has 14 nitrogen and oxygen atoms in total. The summed E-state index contributed by atoms with van der Waals surface area (Å²) in [6.07, 6.45) is 0. The van der Waals surface area contributed by atoms with Crippen LogP contribution in [0.25, 0.3) is 0 Å². The molecule has 0 aliphatic rings. The normalized spacial score (nSPS) is 11.8. The van der Waals surface area contributed by atoms with Gasteiger partial charge in [-0.05, 0) is 79.7 Å². The monoisotopic (exact) mass is 912 g/mol. The number of nitrogens with zero attached hydrogens (tertiary/aromatic N) is 4. The minimum absolute atomic E-state index is 0. The van der Waals surface area contributed by atoms with Crippen LogP contribution >= 0.6 is 15.2 Å². The largest absolute Gasteiger partial charge is 1.00 e. The molecule has 4 aromatic heterocycles. The van der Waals surface area contributed by atoms with Crippen LogP contribution < -0.4 is 20.4 Å². The number of H-pyrrole nitrogens is 4. The maximum absolute atomic E-state index is 10.4. The number of aryl methyl sites for hydroxylation is 8. The second-order valence-electron chi connectivity index (χ2n) is 10.5. The topological polar surface area (TPSA) is 235 Å². The van der Waals surface area contributed by atoms with Gasteiger partial charge in [0, 0.05) is 33.4 Å². The number of nitrogens with one attached hydrogen (secondary N) is 4. The summed E-state index contributed by atoms with van der Waals surface area (Å²) in [4.78, 5) is 37.8. The minimum atomic E-state index is -4.27. The molecule has 0 saturated carbocycles.